The lowest BCUT2D eigenvalue weighted by molar-refractivity contribution is 0.0982. The minimum absolute atomic E-state index is 0.00980. The first-order chi connectivity index (χ1) is 13.5. The summed E-state index contributed by atoms with van der Waals surface area (Å²) < 4.78 is 6.33. The van der Waals surface area contributed by atoms with E-state index in [1.54, 1.807) is 23.8 Å². The second-order valence-corrected chi connectivity index (χ2v) is 8.83. The monoisotopic (exact) mass is 415 g/mol. The largest absolute Gasteiger partial charge is 0.497 e. The first kappa shape index (κ1) is 20.6. The Morgan fingerprint density at radius 1 is 1.18 bits per heavy atom. The van der Waals surface area contributed by atoms with Gasteiger partial charge in [0.2, 0.25) is 0 Å². The molecule has 0 aliphatic rings. The molecule has 0 saturated carbocycles. The molecule has 3 aromatic rings. The van der Waals surface area contributed by atoms with Gasteiger partial charge in [-0.3, -0.25) is 9.69 Å². The van der Waals surface area contributed by atoms with E-state index >= 15 is 0 Å². The van der Waals surface area contributed by atoms with Crippen LogP contribution in [0.1, 0.15) is 17.3 Å². The van der Waals surface area contributed by atoms with Gasteiger partial charge in [0.15, 0.2) is 5.13 Å². The van der Waals surface area contributed by atoms with Crippen molar-refractivity contribution >= 4 is 44.4 Å². The van der Waals surface area contributed by atoms with Gasteiger partial charge in [-0.25, -0.2) is 4.98 Å². The smallest absolute Gasteiger partial charge is 0.261 e. The number of amides is 1. The van der Waals surface area contributed by atoms with E-state index in [-0.39, 0.29) is 5.91 Å². The lowest BCUT2D eigenvalue weighted by atomic mass is 10.2. The molecule has 0 saturated heterocycles. The van der Waals surface area contributed by atoms with Crippen LogP contribution in [0, 0.1) is 0 Å². The highest BCUT2D eigenvalue weighted by Crippen LogP contribution is 2.33. The molecule has 28 heavy (non-hydrogen) atoms. The standard InChI is InChI=1S/C21H25N3O2S2/c1-5-27-18-9-7-6-8-16(18)20(25)24(13-12-23(2)3)21-22-17-11-10-15(26-4)14-19(17)28-21/h6-11,14H,5,12-13H2,1-4H3. The summed E-state index contributed by atoms with van der Waals surface area (Å²) in [7, 11) is 5.66. The Labute approximate surface area is 174 Å². The van der Waals surface area contributed by atoms with Crippen molar-refractivity contribution < 1.29 is 9.53 Å². The molecule has 0 spiro atoms. The molecule has 7 heteroatoms. The van der Waals surface area contributed by atoms with Crippen LogP contribution in [0.25, 0.3) is 10.2 Å². The van der Waals surface area contributed by atoms with Crippen molar-refractivity contribution in [2.75, 3.05) is 44.9 Å². The van der Waals surface area contributed by atoms with Gasteiger partial charge in [0.1, 0.15) is 5.75 Å². The Morgan fingerprint density at radius 3 is 2.68 bits per heavy atom. The van der Waals surface area contributed by atoms with Gasteiger partial charge in [0, 0.05) is 18.0 Å². The number of thioether (sulfide) groups is 1. The number of nitrogens with zero attached hydrogens (tertiary/aromatic N) is 3. The zero-order valence-corrected chi connectivity index (χ0v) is 18.3. The van der Waals surface area contributed by atoms with Crippen LogP contribution in [0.15, 0.2) is 47.4 Å². The van der Waals surface area contributed by atoms with Gasteiger partial charge in [-0.2, -0.15) is 0 Å². The number of thiazole rings is 1. The van der Waals surface area contributed by atoms with Crippen molar-refractivity contribution in [2.24, 2.45) is 0 Å². The first-order valence-electron chi connectivity index (χ1n) is 9.16. The van der Waals surface area contributed by atoms with Gasteiger partial charge in [0.05, 0.1) is 22.9 Å². The predicted octanol–water partition coefficient (Wildman–Crippen LogP) is 4.63. The second kappa shape index (κ2) is 9.41. The van der Waals surface area contributed by atoms with Crippen LogP contribution in [0.2, 0.25) is 0 Å². The molecule has 0 bridgehead atoms. The number of benzene rings is 2. The maximum absolute atomic E-state index is 13.5. The lowest BCUT2D eigenvalue weighted by Crippen LogP contribution is -2.37. The van der Waals surface area contributed by atoms with Crippen LogP contribution in [-0.2, 0) is 0 Å². The number of hydrogen-bond donors (Lipinski definition) is 0. The third-order valence-corrected chi connectivity index (χ3v) is 6.25. The fourth-order valence-corrected chi connectivity index (χ4v) is 4.60. The van der Waals surface area contributed by atoms with Crippen molar-refractivity contribution in [1.29, 1.82) is 0 Å². The van der Waals surface area contributed by atoms with Crippen LogP contribution in [0.4, 0.5) is 5.13 Å². The molecule has 0 aliphatic heterocycles. The summed E-state index contributed by atoms with van der Waals surface area (Å²) in [4.78, 5) is 23.1. The number of methoxy groups -OCH3 is 1. The van der Waals surface area contributed by atoms with Crippen LogP contribution >= 0.6 is 23.1 Å². The van der Waals surface area contributed by atoms with E-state index in [1.165, 1.54) is 11.3 Å². The van der Waals surface area contributed by atoms with E-state index in [9.17, 15) is 4.79 Å². The summed E-state index contributed by atoms with van der Waals surface area (Å²) in [5, 5.41) is 0.714. The minimum Gasteiger partial charge on any atom is -0.497 e. The van der Waals surface area contributed by atoms with Gasteiger partial charge in [-0.05, 0) is 50.2 Å². The maximum Gasteiger partial charge on any atom is 0.261 e. The van der Waals surface area contributed by atoms with Crippen molar-refractivity contribution in [3.63, 3.8) is 0 Å². The highest BCUT2D eigenvalue weighted by molar-refractivity contribution is 7.99. The lowest BCUT2D eigenvalue weighted by Gasteiger charge is -2.23. The van der Waals surface area contributed by atoms with E-state index in [1.807, 2.05) is 56.6 Å². The molecule has 0 fully saturated rings. The third-order valence-electron chi connectivity index (χ3n) is 4.25. The van der Waals surface area contributed by atoms with E-state index in [0.717, 1.165) is 38.7 Å². The number of hydrogen-bond acceptors (Lipinski definition) is 6. The minimum atomic E-state index is -0.00980. The molecule has 0 atom stereocenters. The number of carbonyl (C=O) groups is 1. The van der Waals surface area contributed by atoms with Crippen LogP contribution in [0.5, 0.6) is 5.75 Å². The van der Waals surface area contributed by atoms with Crippen molar-refractivity contribution in [1.82, 2.24) is 9.88 Å². The summed E-state index contributed by atoms with van der Waals surface area (Å²) in [5.74, 6) is 1.70. The van der Waals surface area contributed by atoms with Crippen molar-refractivity contribution in [3.8, 4) is 5.75 Å². The van der Waals surface area contributed by atoms with Gasteiger partial charge < -0.3 is 9.64 Å². The van der Waals surface area contributed by atoms with E-state index in [2.05, 4.69) is 11.8 Å². The number of carbonyl (C=O) groups excluding carboxylic acids is 1. The number of aromatic nitrogens is 1. The molecule has 0 aliphatic carbocycles. The molecule has 148 valence electrons. The second-order valence-electron chi connectivity index (χ2n) is 6.52. The number of likely N-dealkylation sites (N-methyl/N-ethyl adjacent to an activating group) is 1. The van der Waals surface area contributed by atoms with Gasteiger partial charge in [-0.15, -0.1) is 11.8 Å². The maximum atomic E-state index is 13.5. The van der Waals surface area contributed by atoms with Crippen LogP contribution in [-0.4, -0.2) is 55.8 Å². The highest BCUT2D eigenvalue weighted by atomic mass is 32.2. The van der Waals surface area contributed by atoms with Crippen LogP contribution in [0.3, 0.4) is 0 Å². The summed E-state index contributed by atoms with van der Waals surface area (Å²) in [5.41, 5.74) is 1.60. The number of rotatable bonds is 8. The van der Waals surface area contributed by atoms with Crippen molar-refractivity contribution in [2.45, 2.75) is 11.8 Å². The van der Waals surface area contributed by atoms with Gasteiger partial charge in [0.25, 0.3) is 5.91 Å². The molecule has 1 amide bonds. The number of ether oxygens (including phenoxy) is 1. The summed E-state index contributed by atoms with van der Waals surface area (Å²) in [6, 6.07) is 13.6. The Hall–Kier alpha value is -2.09. The first-order valence-corrected chi connectivity index (χ1v) is 11.0. The molecular weight excluding hydrogens is 390 g/mol. The molecule has 3 rings (SSSR count). The normalized spacial score (nSPS) is 11.2. The fourth-order valence-electron chi connectivity index (χ4n) is 2.79. The van der Waals surface area contributed by atoms with Gasteiger partial charge in [-0.1, -0.05) is 30.4 Å². The summed E-state index contributed by atoms with van der Waals surface area (Å²) in [6.07, 6.45) is 0. The van der Waals surface area contributed by atoms with Crippen LogP contribution < -0.4 is 9.64 Å². The molecule has 2 aromatic carbocycles. The molecule has 5 nitrogen and oxygen atoms in total. The fraction of sp³-hybridized carbons (Fsp3) is 0.333. The Kier molecular flexibility index (Phi) is 6.93. The Morgan fingerprint density at radius 2 is 1.96 bits per heavy atom. The molecule has 1 heterocycles. The Bertz CT molecular complexity index is 956. The highest BCUT2D eigenvalue weighted by Gasteiger charge is 2.23. The van der Waals surface area contributed by atoms with Crippen molar-refractivity contribution in [3.05, 3.63) is 48.0 Å². The summed E-state index contributed by atoms with van der Waals surface area (Å²) >= 11 is 3.20. The SMILES string of the molecule is CCSc1ccccc1C(=O)N(CCN(C)C)c1nc2ccc(OC)cc2s1. The Balaban J connectivity index is 2.00. The average molecular weight is 416 g/mol. The quantitative estimate of drug-likeness (QED) is 0.502. The molecule has 0 radical (unpaired) electrons. The topological polar surface area (TPSA) is 45.7 Å². The molecular formula is C21H25N3O2S2. The van der Waals surface area contributed by atoms with E-state index < -0.39 is 0 Å². The zero-order chi connectivity index (χ0) is 20.1. The zero-order valence-electron chi connectivity index (χ0n) is 16.6. The van der Waals surface area contributed by atoms with Gasteiger partial charge >= 0.3 is 0 Å². The summed E-state index contributed by atoms with van der Waals surface area (Å²) in [6.45, 7) is 3.43. The third kappa shape index (κ3) is 4.66. The number of fused-ring (bicyclic) bond motifs is 1. The molecule has 1 aromatic heterocycles. The van der Waals surface area contributed by atoms with E-state index in [0.29, 0.717) is 11.7 Å². The molecule has 0 N–H and O–H groups in total. The predicted molar refractivity (Wildman–Crippen MR) is 119 cm³/mol. The number of anilines is 1. The van der Waals surface area contributed by atoms with E-state index in [4.69, 9.17) is 9.72 Å². The molecule has 0 unspecified atom stereocenters. The average Bonchev–Trinajstić information content (AvgIpc) is 3.11.